The average Bonchev–Trinajstić information content (AvgIpc) is 2.99. The number of likely N-dealkylation sites (tertiary alicyclic amines) is 1. The summed E-state index contributed by atoms with van der Waals surface area (Å²) in [7, 11) is 1.33. The Kier molecular flexibility index (Phi) is 4.59. The Bertz CT molecular complexity index is 963. The Balaban J connectivity index is 1.57. The van der Waals surface area contributed by atoms with Gasteiger partial charge in [-0.15, -0.1) is 0 Å². The first-order chi connectivity index (χ1) is 13.4. The molecule has 0 atom stereocenters. The molecule has 6 nitrogen and oxygen atoms in total. The molecule has 144 valence electrons. The highest BCUT2D eigenvalue weighted by Gasteiger charge is 2.49. The average molecular weight is 399 g/mol. The summed E-state index contributed by atoms with van der Waals surface area (Å²) in [5.41, 5.74) is 1.78. The van der Waals surface area contributed by atoms with Gasteiger partial charge in [-0.25, -0.2) is 4.79 Å². The first-order valence-electron chi connectivity index (χ1n) is 9.04. The Labute approximate surface area is 167 Å². The van der Waals surface area contributed by atoms with Crippen molar-refractivity contribution in [2.24, 2.45) is 0 Å². The van der Waals surface area contributed by atoms with Gasteiger partial charge in [-0.05, 0) is 60.9 Å². The summed E-state index contributed by atoms with van der Waals surface area (Å²) in [4.78, 5) is 39.2. The molecule has 2 heterocycles. The summed E-state index contributed by atoms with van der Waals surface area (Å²) in [5, 5.41) is 3.49. The van der Waals surface area contributed by atoms with Crippen LogP contribution in [0.3, 0.4) is 0 Å². The number of benzene rings is 2. The molecule has 0 aromatic heterocycles. The monoisotopic (exact) mass is 398 g/mol. The zero-order valence-electron chi connectivity index (χ0n) is 15.3. The third-order valence-electron chi connectivity index (χ3n) is 5.63. The minimum absolute atomic E-state index is 0.0755. The molecule has 28 heavy (non-hydrogen) atoms. The zero-order chi connectivity index (χ0) is 19.9. The molecule has 2 aromatic carbocycles. The second-order valence-corrected chi connectivity index (χ2v) is 7.52. The van der Waals surface area contributed by atoms with E-state index in [9.17, 15) is 14.4 Å². The van der Waals surface area contributed by atoms with Crippen LogP contribution in [0.15, 0.2) is 42.5 Å². The van der Waals surface area contributed by atoms with Crippen LogP contribution in [0.5, 0.6) is 0 Å². The molecule has 2 amide bonds. The van der Waals surface area contributed by atoms with Gasteiger partial charge in [-0.1, -0.05) is 11.6 Å². The fraction of sp³-hybridized carbons (Fsp3) is 0.286. The number of carbonyl (C=O) groups excluding carboxylic acids is 3. The van der Waals surface area contributed by atoms with E-state index in [0.717, 1.165) is 11.3 Å². The molecule has 0 unspecified atom stereocenters. The van der Waals surface area contributed by atoms with E-state index in [2.05, 4.69) is 5.32 Å². The van der Waals surface area contributed by atoms with Crippen molar-refractivity contribution in [2.45, 2.75) is 18.3 Å². The summed E-state index contributed by atoms with van der Waals surface area (Å²) in [6.07, 6.45) is 0.992. The Morgan fingerprint density at radius 3 is 2.36 bits per heavy atom. The van der Waals surface area contributed by atoms with Gasteiger partial charge in [-0.2, -0.15) is 0 Å². The number of fused-ring (bicyclic) bond motifs is 2. The highest BCUT2D eigenvalue weighted by molar-refractivity contribution is 6.30. The lowest BCUT2D eigenvalue weighted by atomic mass is 9.73. The molecule has 1 saturated heterocycles. The van der Waals surface area contributed by atoms with Gasteiger partial charge in [-0.3, -0.25) is 9.59 Å². The molecular formula is C21H19ClN2O4. The number of halogens is 1. The van der Waals surface area contributed by atoms with Crippen LogP contribution in [0.4, 0.5) is 5.69 Å². The van der Waals surface area contributed by atoms with E-state index >= 15 is 0 Å². The highest BCUT2D eigenvalue weighted by atomic mass is 35.5. The molecule has 1 fully saturated rings. The minimum atomic E-state index is -0.726. The number of rotatable bonds is 2. The Morgan fingerprint density at radius 2 is 1.71 bits per heavy atom. The van der Waals surface area contributed by atoms with Gasteiger partial charge in [0.05, 0.1) is 18.1 Å². The summed E-state index contributed by atoms with van der Waals surface area (Å²) in [6, 6.07) is 11.9. The van der Waals surface area contributed by atoms with Crippen molar-refractivity contribution in [3.05, 3.63) is 64.2 Å². The molecule has 4 rings (SSSR count). The number of hydrogen-bond acceptors (Lipinski definition) is 4. The largest absolute Gasteiger partial charge is 0.465 e. The summed E-state index contributed by atoms with van der Waals surface area (Å²) >= 11 is 5.89. The molecule has 7 heteroatoms. The smallest absolute Gasteiger partial charge is 0.337 e. The fourth-order valence-corrected chi connectivity index (χ4v) is 4.15. The van der Waals surface area contributed by atoms with Gasteiger partial charge >= 0.3 is 5.97 Å². The predicted molar refractivity (Wildman–Crippen MR) is 105 cm³/mol. The van der Waals surface area contributed by atoms with Gasteiger partial charge in [0.2, 0.25) is 5.91 Å². The van der Waals surface area contributed by atoms with Crippen LogP contribution in [0.1, 0.15) is 39.1 Å². The van der Waals surface area contributed by atoms with Crippen LogP contribution in [0.25, 0.3) is 0 Å². The molecular weight excluding hydrogens is 380 g/mol. The summed E-state index contributed by atoms with van der Waals surface area (Å²) < 4.78 is 4.80. The van der Waals surface area contributed by atoms with Crippen molar-refractivity contribution in [2.75, 3.05) is 25.5 Å². The molecule has 2 aliphatic rings. The van der Waals surface area contributed by atoms with Gasteiger partial charge < -0.3 is 15.0 Å². The van der Waals surface area contributed by atoms with Crippen LogP contribution >= 0.6 is 11.6 Å². The van der Waals surface area contributed by atoms with Crippen molar-refractivity contribution >= 4 is 35.1 Å². The molecule has 2 aromatic rings. The second kappa shape index (κ2) is 6.95. The number of ether oxygens (including phenoxy) is 1. The predicted octanol–water partition coefficient (Wildman–Crippen LogP) is 3.25. The van der Waals surface area contributed by atoms with Crippen molar-refractivity contribution in [3.8, 4) is 0 Å². The summed E-state index contributed by atoms with van der Waals surface area (Å²) in [5.74, 6) is -0.593. The molecule has 1 N–H and O–H groups in total. The second-order valence-electron chi connectivity index (χ2n) is 7.09. The van der Waals surface area contributed by atoms with E-state index in [1.807, 2.05) is 0 Å². The van der Waals surface area contributed by atoms with Crippen molar-refractivity contribution in [3.63, 3.8) is 0 Å². The van der Waals surface area contributed by atoms with E-state index in [4.69, 9.17) is 16.3 Å². The number of nitrogens with one attached hydrogen (secondary N) is 1. The maximum absolute atomic E-state index is 12.8. The lowest BCUT2D eigenvalue weighted by molar-refractivity contribution is -0.122. The number of anilines is 1. The molecule has 0 saturated carbocycles. The molecule has 2 aliphatic heterocycles. The third kappa shape index (κ3) is 2.94. The third-order valence-corrected chi connectivity index (χ3v) is 5.89. The normalized spacial score (nSPS) is 17.2. The van der Waals surface area contributed by atoms with E-state index in [0.29, 0.717) is 42.1 Å². The van der Waals surface area contributed by atoms with E-state index in [1.165, 1.54) is 7.11 Å². The zero-order valence-corrected chi connectivity index (χ0v) is 16.1. The maximum Gasteiger partial charge on any atom is 0.337 e. The Morgan fingerprint density at radius 1 is 1.07 bits per heavy atom. The first-order valence-corrected chi connectivity index (χ1v) is 9.41. The molecule has 1 spiro atoms. The van der Waals surface area contributed by atoms with Crippen molar-refractivity contribution < 1.29 is 19.1 Å². The molecule has 0 aliphatic carbocycles. The van der Waals surface area contributed by atoms with Gasteiger partial charge in [0.25, 0.3) is 5.91 Å². The molecule has 0 bridgehead atoms. The minimum Gasteiger partial charge on any atom is -0.465 e. The van der Waals surface area contributed by atoms with Crippen molar-refractivity contribution in [1.82, 2.24) is 4.90 Å². The van der Waals surface area contributed by atoms with Crippen LogP contribution in [-0.4, -0.2) is 42.9 Å². The number of esters is 1. The van der Waals surface area contributed by atoms with Crippen LogP contribution in [-0.2, 0) is 14.9 Å². The quantitative estimate of drug-likeness (QED) is 0.788. The number of methoxy groups -OCH3 is 1. The lowest BCUT2D eigenvalue weighted by Gasteiger charge is -2.38. The summed E-state index contributed by atoms with van der Waals surface area (Å²) in [6.45, 7) is 0.910. The van der Waals surface area contributed by atoms with Crippen molar-refractivity contribution in [1.29, 1.82) is 0 Å². The van der Waals surface area contributed by atoms with E-state index in [1.54, 1.807) is 47.4 Å². The molecule has 0 radical (unpaired) electrons. The van der Waals surface area contributed by atoms with Crippen LogP contribution < -0.4 is 5.32 Å². The number of amides is 2. The number of carbonyl (C=O) groups is 3. The number of hydrogen-bond donors (Lipinski definition) is 1. The standard InChI is InChI=1S/C21H19ClN2O4/c1-28-19(26)14-4-7-17-16(12-14)21(20(27)23-17)8-10-24(11-9-21)18(25)13-2-5-15(22)6-3-13/h2-7,12H,8-11H2,1H3,(H,23,27). The maximum atomic E-state index is 12.8. The topological polar surface area (TPSA) is 75.7 Å². The van der Waals surface area contributed by atoms with Crippen LogP contribution in [0, 0.1) is 0 Å². The van der Waals surface area contributed by atoms with Crippen LogP contribution in [0.2, 0.25) is 5.02 Å². The van der Waals surface area contributed by atoms with E-state index < -0.39 is 11.4 Å². The van der Waals surface area contributed by atoms with Gasteiger partial charge in [0, 0.05) is 29.4 Å². The number of piperidine rings is 1. The SMILES string of the molecule is COC(=O)c1ccc2c(c1)C1(CCN(C(=O)c3ccc(Cl)cc3)CC1)C(=O)N2. The number of nitrogens with zero attached hydrogens (tertiary/aromatic N) is 1. The van der Waals surface area contributed by atoms with Gasteiger partial charge in [0.1, 0.15) is 0 Å². The fourth-order valence-electron chi connectivity index (χ4n) is 4.02. The van der Waals surface area contributed by atoms with E-state index in [-0.39, 0.29) is 11.8 Å². The lowest BCUT2D eigenvalue weighted by Crippen LogP contribution is -2.48. The first kappa shape index (κ1) is 18.5. The van der Waals surface area contributed by atoms with Gasteiger partial charge in [0.15, 0.2) is 0 Å². The Hall–Kier alpha value is -2.86. The highest BCUT2D eigenvalue weighted by Crippen LogP contribution is 2.45.